The Kier molecular flexibility index (Phi) is 9.14. The summed E-state index contributed by atoms with van der Waals surface area (Å²) < 4.78 is 62.1. The zero-order valence-corrected chi connectivity index (χ0v) is 21.7. The van der Waals surface area contributed by atoms with Crippen LogP contribution >= 0.6 is 35.8 Å². The van der Waals surface area contributed by atoms with Gasteiger partial charge in [-0.25, -0.2) is 9.97 Å². The largest absolute Gasteiger partial charge is 0.697 e. The highest BCUT2D eigenvalue weighted by Gasteiger charge is 2.36. The molecule has 0 bridgehead atoms. The number of pyridine rings is 1. The number of hydrogen-bond acceptors (Lipinski definition) is 9. The first-order valence-electron chi connectivity index (χ1n) is 9.81. The third-order valence-electron chi connectivity index (χ3n) is 4.42. The van der Waals surface area contributed by atoms with Crippen LogP contribution in [0.3, 0.4) is 0 Å². The highest BCUT2D eigenvalue weighted by molar-refractivity contribution is 9.10. The maximum Gasteiger partial charge on any atom is 0.697 e. The summed E-state index contributed by atoms with van der Waals surface area (Å²) in [5.74, 6) is -1.44. The number of halogens is 5. The molecule has 1 amide bonds. The lowest BCUT2D eigenvalue weighted by molar-refractivity contribution is -0.137. The number of amides is 1. The van der Waals surface area contributed by atoms with E-state index in [1.807, 2.05) is 0 Å². The number of aromatic nitrogens is 3. The number of carbonyl (C=O) groups is 1. The van der Waals surface area contributed by atoms with Gasteiger partial charge >= 0.3 is 14.4 Å². The van der Waals surface area contributed by atoms with Gasteiger partial charge in [-0.15, -0.1) is 9.05 Å². The van der Waals surface area contributed by atoms with E-state index in [0.717, 1.165) is 0 Å². The van der Waals surface area contributed by atoms with Crippen molar-refractivity contribution in [2.45, 2.75) is 12.8 Å². The Morgan fingerprint density at radius 3 is 2.53 bits per heavy atom. The quantitative estimate of drug-likeness (QED) is 0.199. The Bertz CT molecular complexity index is 1300. The summed E-state index contributed by atoms with van der Waals surface area (Å²) in [4.78, 5) is 23.9. The summed E-state index contributed by atoms with van der Waals surface area (Å²) in [6, 6.07) is 7.47. The number of hydrogen-bond donors (Lipinski definition) is 3. The molecule has 16 heteroatoms. The van der Waals surface area contributed by atoms with Crippen molar-refractivity contribution in [2.24, 2.45) is 0 Å². The van der Waals surface area contributed by atoms with Crippen LogP contribution in [0.5, 0.6) is 0 Å². The fourth-order valence-corrected chi connectivity index (χ4v) is 3.67. The van der Waals surface area contributed by atoms with Crippen molar-refractivity contribution < 1.29 is 31.6 Å². The standard InChI is InChI=1S/C20H16BrClF3N6O4P/c1-26-18(32)16-14(5-6-15(21)30-16)28-17-11(20(23,24)25)8-27-19(31-17)29-13-4-3-10(7-12(13)22)9-35-36(33)34-2/h3-8H,9H2,1-2H3,(H2-,26,27,28,29,31,32)/p+1. The first-order valence-corrected chi connectivity index (χ1v) is 12.1. The molecule has 10 nitrogen and oxygen atoms in total. The molecule has 1 unspecified atom stereocenters. The molecule has 1 aromatic carbocycles. The van der Waals surface area contributed by atoms with Crippen LogP contribution in [0.1, 0.15) is 21.6 Å². The number of anilines is 4. The van der Waals surface area contributed by atoms with Gasteiger partial charge < -0.3 is 16.0 Å². The summed E-state index contributed by atoms with van der Waals surface area (Å²) >= 11 is 9.39. The highest BCUT2D eigenvalue weighted by Crippen LogP contribution is 2.36. The van der Waals surface area contributed by atoms with E-state index in [4.69, 9.17) is 16.1 Å². The van der Waals surface area contributed by atoms with Crippen molar-refractivity contribution in [2.75, 3.05) is 24.8 Å². The Morgan fingerprint density at radius 1 is 1.17 bits per heavy atom. The summed E-state index contributed by atoms with van der Waals surface area (Å²) in [6.45, 7) is -0.0389. The minimum atomic E-state index is -4.79. The van der Waals surface area contributed by atoms with Crippen molar-refractivity contribution in [1.29, 1.82) is 0 Å². The van der Waals surface area contributed by atoms with Gasteiger partial charge in [-0.3, -0.25) is 4.79 Å². The van der Waals surface area contributed by atoms with Crippen LogP contribution < -0.4 is 16.0 Å². The minimum Gasteiger partial charge on any atom is -0.354 e. The number of rotatable bonds is 9. The lowest BCUT2D eigenvalue weighted by Gasteiger charge is -2.16. The van der Waals surface area contributed by atoms with Crippen molar-refractivity contribution in [3.63, 3.8) is 0 Å². The third kappa shape index (κ3) is 7.08. The van der Waals surface area contributed by atoms with Gasteiger partial charge in [0.1, 0.15) is 22.6 Å². The van der Waals surface area contributed by atoms with Gasteiger partial charge in [0.15, 0.2) is 5.69 Å². The maximum absolute atomic E-state index is 13.7. The molecule has 0 aliphatic rings. The monoisotopic (exact) mass is 607 g/mol. The van der Waals surface area contributed by atoms with Crippen molar-refractivity contribution in [3.05, 3.63) is 63.0 Å². The van der Waals surface area contributed by atoms with Gasteiger partial charge in [-0.05, 0) is 45.8 Å². The molecule has 0 radical (unpaired) electrons. The molecule has 3 N–H and O–H groups in total. The van der Waals surface area contributed by atoms with Crippen LogP contribution in [0, 0.1) is 0 Å². The second-order valence-electron chi connectivity index (χ2n) is 6.81. The maximum atomic E-state index is 13.7. The molecule has 0 aliphatic heterocycles. The Balaban J connectivity index is 1.92. The van der Waals surface area contributed by atoms with Crippen LogP contribution in [0.15, 0.2) is 41.1 Å². The third-order valence-corrected chi connectivity index (χ3v) is 5.81. The van der Waals surface area contributed by atoms with E-state index in [1.54, 1.807) is 6.07 Å². The molecule has 0 saturated heterocycles. The zero-order chi connectivity index (χ0) is 26.5. The molecule has 0 aliphatic carbocycles. The van der Waals surface area contributed by atoms with E-state index in [1.165, 1.54) is 38.4 Å². The lowest BCUT2D eigenvalue weighted by atomic mass is 10.2. The predicted molar refractivity (Wildman–Crippen MR) is 130 cm³/mol. The minimum absolute atomic E-state index is 0.00974. The van der Waals surface area contributed by atoms with Crippen molar-refractivity contribution in [3.8, 4) is 0 Å². The molecule has 0 spiro atoms. The molecule has 0 fully saturated rings. The second kappa shape index (κ2) is 11.9. The number of nitrogens with one attached hydrogen (secondary N) is 3. The fraction of sp³-hybridized carbons (Fsp3) is 0.200. The van der Waals surface area contributed by atoms with E-state index in [2.05, 4.69) is 51.4 Å². The van der Waals surface area contributed by atoms with Crippen LogP contribution in [-0.4, -0.2) is 35.0 Å². The number of alkyl halides is 3. The Hall–Kier alpha value is -2.90. The average molecular weight is 609 g/mol. The van der Waals surface area contributed by atoms with E-state index < -0.39 is 31.7 Å². The SMILES string of the molecule is CNC(=O)c1nc(Br)ccc1Nc1nc(Nc2ccc(CO[P+](=O)OC)cc2Cl)ncc1C(F)(F)F. The summed E-state index contributed by atoms with van der Waals surface area (Å²) in [5.41, 5.74) is -0.455. The normalized spacial score (nSPS) is 11.7. The molecule has 1 atom stereocenters. The molecule has 3 rings (SSSR count). The smallest absolute Gasteiger partial charge is 0.354 e. The van der Waals surface area contributed by atoms with Crippen molar-refractivity contribution in [1.82, 2.24) is 20.3 Å². The molecule has 190 valence electrons. The van der Waals surface area contributed by atoms with E-state index in [0.29, 0.717) is 22.1 Å². The molecule has 2 heterocycles. The van der Waals surface area contributed by atoms with Crippen LogP contribution in [-0.2, 0) is 26.4 Å². The van der Waals surface area contributed by atoms with Gasteiger partial charge in [0, 0.05) is 17.8 Å². The topological polar surface area (TPSA) is 127 Å². The summed E-state index contributed by atoms with van der Waals surface area (Å²) in [6.07, 6.45) is -4.19. The van der Waals surface area contributed by atoms with Gasteiger partial charge in [0.25, 0.3) is 5.91 Å². The first-order chi connectivity index (χ1) is 17.0. The van der Waals surface area contributed by atoms with E-state index in [9.17, 15) is 22.5 Å². The van der Waals surface area contributed by atoms with Gasteiger partial charge in [0.2, 0.25) is 5.95 Å². The number of nitrogens with zero attached hydrogens (tertiary/aromatic N) is 3. The molecule has 36 heavy (non-hydrogen) atoms. The van der Waals surface area contributed by atoms with Gasteiger partial charge in [-0.1, -0.05) is 17.7 Å². The number of benzene rings is 1. The molecular formula is C20H17BrClF3N6O4P+. The Morgan fingerprint density at radius 2 is 1.89 bits per heavy atom. The second-order valence-corrected chi connectivity index (χ2v) is 9.10. The molecular weight excluding hydrogens is 592 g/mol. The van der Waals surface area contributed by atoms with Crippen LogP contribution in [0.2, 0.25) is 5.02 Å². The average Bonchev–Trinajstić information content (AvgIpc) is 2.84. The van der Waals surface area contributed by atoms with Crippen molar-refractivity contribution >= 4 is 64.8 Å². The Labute approximate surface area is 217 Å². The van der Waals surface area contributed by atoms with E-state index >= 15 is 0 Å². The fourth-order valence-electron chi connectivity index (χ4n) is 2.75. The van der Waals surface area contributed by atoms with E-state index in [-0.39, 0.29) is 29.0 Å². The summed E-state index contributed by atoms with van der Waals surface area (Å²) in [7, 11) is 0.331. The lowest BCUT2D eigenvalue weighted by Crippen LogP contribution is -2.21. The zero-order valence-electron chi connectivity index (χ0n) is 18.5. The van der Waals surface area contributed by atoms with Crippen LogP contribution in [0.4, 0.5) is 36.3 Å². The summed E-state index contributed by atoms with van der Waals surface area (Å²) in [5, 5.41) is 7.84. The molecule has 0 saturated carbocycles. The number of carbonyl (C=O) groups excluding carboxylic acids is 1. The van der Waals surface area contributed by atoms with Gasteiger partial charge in [-0.2, -0.15) is 18.2 Å². The van der Waals surface area contributed by atoms with Gasteiger partial charge in [0.05, 0.1) is 23.5 Å². The molecule has 3 aromatic rings. The molecule has 2 aromatic heterocycles. The highest BCUT2D eigenvalue weighted by atomic mass is 79.9. The van der Waals surface area contributed by atoms with Crippen LogP contribution in [0.25, 0.3) is 0 Å². The predicted octanol–water partition coefficient (Wildman–Crippen LogP) is 5.97. The first kappa shape index (κ1) is 27.7.